The second-order valence-electron chi connectivity index (χ2n) is 9.05. The van der Waals surface area contributed by atoms with Gasteiger partial charge < -0.3 is 37.6 Å². The first kappa shape index (κ1) is 30.3. The zero-order valence-electron chi connectivity index (χ0n) is 20.0. The minimum atomic E-state index is -1.35. The van der Waals surface area contributed by atoms with Crippen molar-refractivity contribution < 1.29 is 34.2 Å². The fourth-order valence-electron chi connectivity index (χ4n) is 2.98. The van der Waals surface area contributed by atoms with Crippen molar-refractivity contribution in [2.24, 2.45) is 23.3 Å². The van der Waals surface area contributed by atoms with Crippen molar-refractivity contribution >= 4 is 29.6 Å². The van der Waals surface area contributed by atoms with Crippen molar-refractivity contribution in [2.45, 2.75) is 90.6 Å². The third-order valence-corrected chi connectivity index (χ3v) is 4.80. The number of nitrogens with two attached hydrogens (primary N) is 2. The molecule has 0 radical (unpaired) electrons. The molecule has 0 bridgehead atoms. The van der Waals surface area contributed by atoms with Gasteiger partial charge in [-0.05, 0) is 38.0 Å². The Morgan fingerprint density at radius 3 is 1.48 bits per heavy atom. The van der Waals surface area contributed by atoms with E-state index < -0.39 is 59.9 Å². The smallest absolute Gasteiger partial charge is 0.326 e. The van der Waals surface area contributed by atoms with Gasteiger partial charge in [0, 0.05) is 6.42 Å². The molecule has 0 aliphatic heterocycles. The molecular weight excluding hydrogens is 434 g/mol. The molecular formula is C21H39N5O7. The van der Waals surface area contributed by atoms with Crippen LogP contribution < -0.4 is 27.4 Å². The lowest BCUT2D eigenvalue weighted by molar-refractivity contribution is -0.142. The number of nitrogens with one attached hydrogen (secondary N) is 3. The third kappa shape index (κ3) is 12.2. The standard InChI is InChI=1S/C21H39N5O7/c1-10(2)8-14(18(29)24-13(21(32)33)6-7-16(22)28)25-19(30)15(9-11(3)4)26-20(31)17(23)12(5)27/h10-15,17,27H,6-9,23H2,1-5H3,(H2,22,28)(H,24,29)(H,25,30)(H,26,31)(H,32,33). The van der Waals surface area contributed by atoms with Gasteiger partial charge in [-0.25, -0.2) is 4.79 Å². The molecule has 0 heterocycles. The maximum atomic E-state index is 13.0. The van der Waals surface area contributed by atoms with Crippen molar-refractivity contribution in [3.05, 3.63) is 0 Å². The van der Waals surface area contributed by atoms with Gasteiger partial charge >= 0.3 is 5.97 Å². The molecule has 0 saturated heterocycles. The molecule has 0 aromatic rings. The zero-order valence-corrected chi connectivity index (χ0v) is 20.0. The highest BCUT2D eigenvalue weighted by Gasteiger charge is 2.31. The summed E-state index contributed by atoms with van der Waals surface area (Å²) >= 11 is 0. The number of aliphatic hydroxyl groups excluding tert-OH is 1. The molecule has 0 aromatic heterocycles. The Morgan fingerprint density at radius 1 is 0.758 bits per heavy atom. The second-order valence-corrected chi connectivity index (χ2v) is 9.05. The van der Waals surface area contributed by atoms with E-state index in [0.717, 1.165) is 0 Å². The Hall–Kier alpha value is -2.73. The molecule has 0 aromatic carbocycles. The number of hydrogen-bond donors (Lipinski definition) is 7. The summed E-state index contributed by atoms with van der Waals surface area (Å²) in [5, 5.41) is 26.3. The number of amides is 4. The molecule has 4 amide bonds. The van der Waals surface area contributed by atoms with Gasteiger partial charge in [-0.3, -0.25) is 19.2 Å². The minimum absolute atomic E-state index is 0.00592. The first-order valence-electron chi connectivity index (χ1n) is 11.0. The highest BCUT2D eigenvalue weighted by Crippen LogP contribution is 2.10. The number of carbonyl (C=O) groups is 5. The topological polar surface area (TPSA) is 214 Å². The number of aliphatic carboxylic acids is 1. The van der Waals surface area contributed by atoms with Gasteiger partial charge in [-0.1, -0.05) is 27.7 Å². The van der Waals surface area contributed by atoms with Gasteiger partial charge in [0.25, 0.3) is 0 Å². The van der Waals surface area contributed by atoms with Crippen molar-refractivity contribution in [3.63, 3.8) is 0 Å². The van der Waals surface area contributed by atoms with Crippen LogP contribution in [0.2, 0.25) is 0 Å². The van der Waals surface area contributed by atoms with Crippen molar-refractivity contribution in [2.75, 3.05) is 0 Å². The van der Waals surface area contributed by atoms with E-state index in [-0.39, 0.29) is 37.5 Å². The first-order chi connectivity index (χ1) is 15.1. The lowest BCUT2D eigenvalue weighted by Gasteiger charge is -2.27. The van der Waals surface area contributed by atoms with E-state index in [9.17, 15) is 34.2 Å². The molecule has 0 rings (SSSR count). The Kier molecular flexibility index (Phi) is 13.2. The third-order valence-electron chi connectivity index (χ3n) is 4.80. The van der Waals surface area contributed by atoms with Crippen LogP contribution in [0.5, 0.6) is 0 Å². The van der Waals surface area contributed by atoms with Crippen LogP contribution >= 0.6 is 0 Å². The summed E-state index contributed by atoms with van der Waals surface area (Å²) in [6.45, 7) is 8.68. The Morgan fingerprint density at radius 2 is 1.15 bits per heavy atom. The zero-order chi connectivity index (χ0) is 25.9. The van der Waals surface area contributed by atoms with Crippen LogP contribution in [0.4, 0.5) is 0 Å². The van der Waals surface area contributed by atoms with E-state index in [1.54, 1.807) is 0 Å². The molecule has 9 N–H and O–H groups in total. The predicted octanol–water partition coefficient (Wildman–Crippen LogP) is -1.41. The van der Waals surface area contributed by atoms with Gasteiger partial charge in [0.2, 0.25) is 23.6 Å². The SMILES string of the molecule is CC(C)CC(NC(=O)C(CC(C)C)NC(=O)C(N)C(C)O)C(=O)NC(CCC(N)=O)C(=O)O. The number of carboxylic acids is 1. The Balaban J connectivity index is 5.52. The average molecular weight is 474 g/mol. The summed E-state index contributed by atoms with van der Waals surface area (Å²) < 4.78 is 0. The fraction of sp³-hybridized carbons (Fsp3) is 0.762. The summed E-state index contributed by atoms with van der Waals surface area (Å²) in [5.41, 5.74) is 10.7. The maximum Gasteiger partial charge on any atom is 0.326 e. The van der Waals surface area contributed by atoms with Crippen LogP contribution in [0.25, 0.3) is 0 Å². The quantitative estimate of drug-likeness (QED) is 0.150. The number of rotatable bonds is 15. The highest BCUT2D eigenvalue weighted by atomic mass is 16.4. The normalized spacial score (nSPS) is 15.8. The molecule has 12 nitrogen and oxygen atoms in total. The fourth-order valence-corrected chi connectivity index (χ4v) is 2.98. The van der Waals surface area contributed by atoms with Crippen molar-refractivity contribution in [3.8, 4) is 0 Å². The molecule has 33 heavy (non-hydrogen) atoms. The number of carboxylic acid groups (broad SMARTS) is 1. The van der Waals surface area contributed by atoms with E-state index >= 15 is 0 Å². The number of aliphatic hydroxyl groups is 1. The van der Waals surface area contributed by atoms with Crippen LogP contribution in [-0.2, 0) is 24.0 Å². The molecule has 5 unspecified atom stereocenters. The summed E-state index contributed by atoms with van der Waals surface area (Å²) in [4.78, 5) is 60.4. The first-order valence-corrected chi connectivity index (χ1v) is 11.0. The maximum absolute atomic E-state index is 13.0. The van der Waals surface area contributed by atoms with E-state index in [2.05, 4.69) is 16.0 Å². The van der Waals surface area contributed by atoms with Crippen LogP contribution in [0.3, 0.4) is 0 Å². The summed E-state index contributed by atoms with van der Waals surface area (Å²) in [5.74, 6) is -4.15. The highest BCUT2D eigenvalue weighted by molar-refractivity contribution is 5.94. The molecule has 0 spiro atoms. The minimum Gasteiger partial charge on any atom is -0.480 e. The average Bonchev–Trinajstić information content (AvgIpc) is 2.67. The molecule has 0 saturated carbocycles. The summed E-state index contributed by atoms with van der Waals surface area (Å²) in [6, 6.07) is -4.68. The number of primary amides is 1. The molecule has 12 heteroatoms. The van der Waals surface area contributed by atoms with E-state index in [1.165, 1.54) is 6.92 Å². The van der Waals surface area contributed by atoms with Crippen molar-refractivity contribution in [1.82, 2.24) is 16.0 Å². The molecule has 0 aliphatic carbocycles. The van der Waals surface area contributed by atoms with Gasteiger partial charge in [-0.2, -0.15) is 0 Å². The predicted molar refractivity (Wildman–Crippen MR) is 120 cm³/mol. The van der Waals surface area contributed by atoms with Crippen LogP contribution in [0, 0.1) is 11.8 Å². The van der Waals surface area contributed by atoms with Gasteiger partial charge in [0.15, 0.2) is 0 Å². The van der Waals surface area contributed by atoms with Crippen LogP contribution in [-0.4, -0.2) is 70.1 Å². The summed E-state index contributed by atoms with van der Waals surface area (Å²) in [7, 11) is 0. The van der Waals surface area contributed by atoms with Gasteiger partial charge in [0.1, 0.15) is 24.2 Å². The monoisotopic (exact) mass is 473 g/mol. The second kappa shape index (κ2) is 14.4. The molecule has 190 valence electrons. The van der Waals surface area contributed by atoms with E-state index in [0.29, 0.717) is 0 Å². The lowest BCUT2D eigenvalue weighted by atomic mass is 9.99. The number of carbonyl (C=O) groups excluding carboxylic acids is 4. The van der Waals surface area contributed by atoms with Crippen molar-refractivity contribution in [1.29, 1.82) is 0 Å². The van der Waals surface area contributed by atoms with Crippen LogP contribution in [0.15, 0.2) is 0 Å². The van der Waals surface area contributed by atoms with E-state index in [4.69, 9.17) is 11.5 Å². The van der Waals surface area contributed by atoms with Gasteiger partial charge in [0.05, 0.1) is 6.10 Å². The van der Waals surface area contributed by atoms with Gasteiger partial charge in [-0.15, -0.1) is 0 Å². The molecule has 0 fully saturated rings. The van der Waals surface area contributed by atoms with Crippen LogP contribution in [0.1, 0.15) is 60.3 Å². The molecule has 5 atom stereocenters. The Labute approximate surface area is 194 Å². The summed E-state index contributed by atoms with van der Waals surface area (Å²) in [6.07, 6.45) is -1.10. The number of hydrogen-bond acceptors (Lipinski definition) is 7. The lowest BCUT2D eigenvalue weighted by Crippen LogP contribution is -2.58. The molecule has 0 aliphatic rings. The van der Waals surface area contributed by atoms with E-state index in [1.807, 2.05) is 27.7 Å². The Bertz CT molecular complexity index is 696. The largest absolute Gasteiger partial charge is 0.480 e.